The van der Waals surface area contributed by atoms with E-state index >= 15 is 0 Å². The second-order valence-corrected chi connectivity index (χ2v) is 5.23. The van der Waals surface area contributed by atoms with Gasteiger partial charge in [-0.25, -0.2) is 4.98 Å². The number of imidazole rings is 1. The number of nitrogens with zero attached hydrogens (tertiary/aromatic N) is 2. The second-order valence-electron chi connectivity index (χ2n) is 5.23. The summed E-state index contributed by atoms with van der Waals surface area (Å²) in [6.07, 6.45) is 5.25. The van der Waals surface area contributed by atoms with Crippen LogP contribution in [-0.2, 0) is 11.3 Å². The monoisotopic (exact) mass is 287 g/mol. The lowest BCUT2D eigenvalue weighted by atomic mass is 9.92. The van der Waals surface area contributed by atoms with Gasteiger partial charge in [0.25, 0.3) is 0 Å². The highest BCUT2D eigenvalue weighted by Gasteiger charge is 2.31. The third-order valence-electron chi connectivity index (χ3n) is 3.83. The Labute approximate surface area is 124 Å². The Hall–Kier alpha value is -2.14. The number of hydrogen-bond acceptors (Lipinski definition) is 3. The summed E-state index contributed by atoms with van der Waals surface area (Å²) in [5.74, 6) is -0.0380. The minimum atomic E-state index is -1.13. The van der Waals surface area contributed by atoms with Crippen molar-refractivity contribution in [3.63, 3.8) is 0 Å². The average Bonchev–Trinajstić information content (AvgIpc) is 2.96. The first-order chi connectivity index (χ1) is 10.1. The zero-order chi connectivity index (χ0) is 15.3. The van der Waals surface area contributed by atoms with Crippen LogP contribution < -0.4 is 5.73 Å². The highest BCUT2D eigenvalue weighted by Crippen LogP contribution is 2.19. The number of carboxylic acids is 1. The molecule has 0 saturated carbocycles. The lowest BCUT2D eigenvalue weighted by Gasteiger charge is -2.22. The fraction of sp³-hybridized carbons (Fsp3) is 0.375. The Morgan fingerprint density at radius 1 is 1.38 bits per heavy atom. The lowest BCUT2D eigenvalue weighted by Crippen LogP contribution is -2.47. The van der Waals surface area contributed by atoms with Crippen LogP contribution in [0.2, 0.25) is 0 Å². The van der Waals surface area contributed by atoms with Crippen molar-refractivity contribution in [2.24, 2.45) is 5.73 Å². The zero-order valence-electron chi connectivity index (χ0n) is 12.2. The van der Waals surface area contributed by atoms with Crippen LogP contribution in [0.5, 0.6) is 0 Å². The predicted molar refractivity (Wildman–Crippen MR) is 81.7 cm³/mol. The van der Waals surface area contributed by atoms with Crippen LogP contribution in [0.25, 0.3) is 11.4 Å². The van der Waals surface area contributed by atoms with Crippen LogP contribution >= 0.6 is 0 Å². The Balaban J connectivity index is 2.03. The molecule has 0 aliphatic heterocycles. The second kappa shape index (κ2) is 6.54. The van der Waals surface area contributed by atoms with Crippen molar-refractivity contribution < 1.29 is 9.90 Å². The van der Waals surface area contributed by atoms with Crippen molar-refractivity contribution in [1.29, 1.82) is 0 Å². The Bertz CT molecular complexity index is 595. The molecule has 3 N–H and O–H groups in total. The summed E-state index contributed by atoms with van der Waals surface area (Å²) >= 11 is 0. The fourth-order valence-corrected chi connectivity index (χ4v) is 2.34. The van der Waals surface area contributed by atoms with E-state index in [9.17, 15) is 9.90 Å². The molecular weight excluding hydrogens is 266 g/mol. The van der Waals surface area contributed by atoms with Gasteiger partial charge in [0, 0.05) is 24.5 Å². The van der Waals surface area contributed by atoms with Crippen LogP contribution in [-0.4, -0.2) is 26.2 Å². The highest BCUT2D eigenvalue weighted by atomic mass is 16.4. The molecule has 2 aromatic rings. The van der Waals surface area contributed by atoms with Crippen LogP contribution in [0.4, 0.5) is 0 Å². The van der Waals surface area contributed by atoms with E-state index in [-0.39, 0.29) is 0 Å². The molecule has 0 fully saturated rings. The first-order valence-electron chi connectivity index (χ1n) is 7.15. The van der Waals surface area contributed by atoms with Crippen LogP contribution in [0.1, 0.15) is 26.2 Å². The molecule has 5 nitrogen and oxygen atoms in total. The molecule has 1 aromatic carbocycles. The van der Waals surface area contributed by atoms with Crippen LogP contribution in [0.15, 0.2) is 42.7 Å². The Kier molecular flexibility index (Phi) is 4.75. The van der Waals surface area contributed by atoms with Gasteiger partial charge in [0.05, 0.1) is 0 Å². The average molecular weight is 287 g/mol. The molecule has 21 heavy (non-hydrogen) atoms. The van der Waals surface area contributed by atoms with Gasteiger partial charge >= 0.3 is 5.97 Å². The normalized spacial score (nSPS) is 13.8. The minimum Gasteiger partial charge on any atom is -0.480 e. The number of aryl methyl sites for hydroxylation is 1. The highest BCUT2D eigenvalue weighted by molar-refractivity contribution is 5.78. The smallest absolute Gasteiger partial charge is 0.323 e. The van der Waals surface area contributed by atoms with Gasteiger partial charge in [-0.2, -0.15) is 0 Å². The van der Waals surface area contributed by atoms with Gasteiger partial charge in [-0.1, -0.05) is 37.3 Å². The summed E-state index contributed by atoms with van der Waals surface area (Å²) in [5.41, 5.74) is 5.82. The summed E-state index contributed by atoms with van der Waals surface area (Å²) in [6.45, 7) is 2.51. The SMILES string of the molecule is CCC(N)(CCCn1ccnc1-c1ccccc1)C(=O)O. The molecule has 1 atom stereocenters. The van der Waals surface area contributed by atoms with E-state index in [1.165, 1.54) is 0 Å². The van der Waals surface area contributed by atoms with Crippen molar-refractivity contribution in [2.45, 2.75) is 38.3 Å². The lowest BCUT2D eigenvalue weighted by molar-refractivity contribution is -0.143. The summed E-state index contributed by atoms with van der Waals surface area (Å²) in [5, 5.41) is 9.18. The van der Waals surface area contributed by atoms with Crippen molar-refractivity contribution >= 4 is 5.97 Å². The molecule has 0 radical (unpaired) electrons. The minimum absolute atomic E-state index is 0.428. The number of carboxylic acid groups (broad SMARTS) is 1. The molecule has 0 bridgehead atoms. The molecule has 2 rings (SSSR count). The molecule has 5 heteroatoms. The van der Waals surface area contributed by atoms with Gasteiger partial charge in [0.2, 0.25) is 0 Å². The molecule has 0 aliphatic carbocycles. The molecule has 0 saturated heterocycles. The first kappa shape index (κ1) is 15.3. The molecule has 1 aromatic heterocycles. The van der Waals surface area contributed by atoms with E-state index in [0.29, 0.717) is 25.8 Å². The van der Waals surface area contributed by atoms with E-state index in [4.69, 9.17) is 5.73 Å². The molecule has 112 valence electrons. The number of carbonyl (C=O) groups is 1. The van der Waals surface area contributed by atoms with Crippen molar-refractivity contribution in [3.8, 4) is 11.4 Å². The third kappa shape index (κ3) is 3.49. The van der Waals surface area contributed by atoms with E-state index in [1.807, 2.05) is 41.1 Å². The number of benzene rings is 1. The first-order valence-corrected chi connectivity index (χ1v) is 7.15. The standard InChI is InChI=1S/C16H21N3O2/c1-2-16(17,15(20)21)9-6-11-19-12-10-18-14(19)13-7-4-3-5-8-13/h3-5,7-8,10,12H,2,6,9,11,17H2,1H3,(H,20,21). The van der Waals surface area contributed by atoms with E-state index in [0.717, 1.165) is 11.4 Å². The molecular formula is C16H21N3O2. The van der Waals surface area contributed by atoms with E-state index < -0.39 is 11.5 Å². The summed E-state index contributed by atoms with van der Waals surface area (Å²) in [4.78, 5) is 15.6. The maximum atomic E-state index is 11.2. The van der Waals surface area contributed by atoms with Gasteiger partial charge in [0.1, 0.15) is 11.4 Å². The van der Waals surface area contributed by atoms with Crippen molar-refractivity contribution in [2.75, 3.05) is 0 Å². The zero-order valence-corrected chi connectivity index (χ0v) is 12.2. The largest absolute Gasteiger partial charge is 0.480 e. The maximum Gasteiger partial charge on any atom is 0.323 e. The summed E-state index contributed by atoms with van der Waals surface area (Å²) < 4.78 is 2.03. The summed E-state index contributed by atoms with van der Waals surface area (Å²) in [7, 11) is 0. The summed E-state index contributed by atoms with van der Waals surface area (Å²) in [6, 6.07) is 9.93. The Morgan fingerprint density at radius 2 is 2.10 bits per heavy atom. The van der Waals surface area contributed by atoms with Gasteiger partial charge in [0.15, 0.2) is 0 Å². The quantitative estimate of drug-likeness (QED) is 0.820. The molecule has 0 spiro atoms. The Morgan fingerprint density at radius 3 is 2.71 bits per heavy atom. The van der Waals surface area contributed by atoms with Crippen molar-refractivity contribution in [1.82, 2.24) is 9.55 Å². The number of nitrogens with two attached hydrogens (primary N) is 1. The van der Waals surface area contributed by atoms with Crippen molar-refractivity contribution in [3.05, 3.63) is 42.7 Å². The number of aromatic nitrogens is 2. The van der Waals surface area contributed by atoms with Gasteiger partial charge in [-0.15, -0.1) is 0 Å². The molecule has 1 unspecified atom stereocenters. The predicted octanol–water partition coefficient (Wildman–Crippen LogP) is 2.52. The van der Waals surface area contributed by atoms with E-state index in [2.05, 4.69) is 4.98 Å². The number of aliphatic carboxylic acids is 1. The molecule has 0 amide bonds. The van der Waals surface area contributed by atoms with Gasteiger partial charge in [-0.3, -0.25) is 4.79 Å². The van der Waals surface area contributed by atoms with E-state index in [1.54, 1.807) is 13.1 Å². The van der Waals surface area contributed by atoms with Gasteiger partial charge in [-0.05, 0) is 19.3 Å². The fourth-order valence-electron chi connectivity index (χ4n) is 2.34. The van der Waals surface area contributed by atoms with Crippen LogP contribution in [0.3, 0.4) is 0 Å². The molecule has 1 heterocycles. The van der Waals surface area contributed by atoms with Gasteiger partial charge < -0.3 is 15.4 Å². The van der Waals surface area contributed by atoms with Crippen LogP contribution in [0, 0.1) is 0 Å². The number of hydrogen-bond donors (Lipinski definition) is 2. The third-order valence-corrected chi connectivity index (χ3v) is 3.83. The number of rotatable bonds is 7. The molecule has 0 aliphatic rings. The topological polar surface area (TPSA) is 81.1 Å². The maximum absolute atomic E-state index is 11.2.